The molecule has 0 saturated heterocycles. The van der Waals surface area contributed by atoms with Crippen molar-refractivity contribution in [3.05, 3.63) is 88.5 Å². The number of Topliss-reactive ketones (excluding diaryl/α,β-unsaturated/α-hetero) is 1. The lowest BCUT2D eigenvalue weighted by molar-refractivity contribution is -0.122. The van der Waals surface area contributed by atoms with Crippen LogP contribution in [-0.4, -0.2) is 51.6 Å². The normalized spacial score (nSPS) is 12.2. The highest BCUT2D eigenvalue weighted by atomic mass is 16.5. The lowest BCUT2D eigenvalue weighted by Crippen LogP contribution is -2.46. The van der Waals surface area contributed by atoms with Crippen LogP contribution >= 0.6 is 0 Å². The number of benzene rings is 2. The molecule has 0 saturated carbocycles. The van der Waals surface area contributed by atoms with Crippen LogP contribution in [0.3, 0.4) is 0 Å². The van der Waals surface area contributed by atoms with Crippen LogP contribution in [0, 0.1) is 5.92 Å². The van der Waals surface area contributed by atoms with Gasteiger partial charge in [-0.15, -0.1) is 10.2 Å². The van der Waals surface area contributed by atoms with Gasteiger partial charge in [-0.3, -0.25) is 19.0 Å². The van der Waals surface area contributed by atoms with Crippen LogP contribution in [0.2, 0.25) is 0 Å². The van der Waals surface area contributed by atoms with E-state index in [1.54, 1.807) is 28.0 Å². The Morgan fingerprint density at radius 1 is 1.05 bits per heavy atom. The average molecular weight is 559 g/mol. The Kier molecular flexibility index (Phi) is 8.65. The van der Waals surface area contributed by atoms with E-state index in [-0.39, 0.29) is 30.1 Å². The smallest absolute Gasteiger partial charge is 0.294 e. The fourth-order valence-electron chi connectivity index (χ4n) is 4.39. The monoisotopic (exact) mass is 558 g/mol. The third-order valence-electron chi connectivity index (χ3n) is 6.91. The van der Waals surface area contributed by atoms with Crippen molar-refractivity contribution >= 4 is 17.5 Å². The number of carbonyl (C=O) groups is 2. The van der Waals surface area contributed by atoms with Gasteiger partial charge < -0.3 is 19.8 Å². The summed E-state index contributed by atoms with van der Waals surface area (Å²) < 4.78 is 12.4. The molecule has 1 atom stereocenters. The number of carbonyl (C=O) groups excluding carboxylic acids is 2. The third-order valence-corrected chi connectivity index (χ3v) is 6.91. The molecule has 4 rings (SSSR count). The number of hydrogen-bond donors (Lipinski definition) is 2. The molecule has 0 bridgehead atoms. The minimum Gasteiger partial charge on any atom is -0.497 e. The fourth-order valence-corrected chi connectivity index (χ4v) is 4.39. The van der Waals surface area contributed by atoms with Gasteiger partial charge in [0.1, 0.15) is 12.3 Å². The molecular formula is C30H34N6O5. The van der Waals surface area contributed by atoms with E-state index in [0.717, 1.165) is 11.1 Å². The molecular weight excluding hydrogens is 524 g/mol. The van der Waals surface area contributed by atoms with Crippen molar-refractivity contribution < 1.29 is 18.7 Å². The summed E-state index contributed by atoms with van der Waals surface area (Å²) in [4.78, 5) is 44.0. The topological polar surface area (TPSA) is 141 Å². The predicted molar refractivity (Wildman–Crippen MR) is 154 cm³/mol. The fraction of sp³-hybridized carbons (Fsp3) is 0.333. The summed E-state index contributed by atoms with van der Waals surface area (Å²) in [5.41, 5.74) is 0.947. The number of hydrogen-bond acceptors (Lipinski definition) is 9. The number of ketones is 1. The summed E-state index contributed by atoms with van der Waals surface area (Å²) in [7, 11) is 3.18. The third kappa shape index (κ3) is 6.19. The number of methoxy groups -OCH3 is 1. The van der Waals surface area contributed by atoms with Gasteiger partial charge in [0.15, 0.2) is 5.82 Å². The molecule has 0 radical (unpaired) electrons. The summed E-state index contributed by atoms with van der Waals surface area (Å²) in [6, 6.07) is 15.7. The van der Waals surface area contributed by atoms with E-state index < -0.39 is 28.7 Å². The SMILES string of the molecule is CNc1ncc(-c2ccccc2)n(CC(=O)N[C@@H](C(=O)c2nnc(C(C)(C)c3ccc(OC)cc3)o2)C(C)C)c1=O. The van der Waals surface area contributed by atoms with E-state index in [1.807, 2.05) is 68.4 Å². The molecule has 4 aromatic rings. The van der Waals surface area contributed by atoms with Gasteiger partial charge >= 0.3 is 0 Å². The first-order valence-corrected chi connectivity index (χ1v) is 13.2. The molecule has 41 heavy (non-hydrogen) atoms. The maximum absolute atomic E-state index is 13.5. The van der Waals surface area contributed by atoms with Crippen LogP contribution in [0.1, 0.15) is 49.8 Å². The number of nitrogens with one attached hydrogen (secondary N) is 2. The minimum atomic E-state index is -0.957. The van der Waals surface area contributed by atoms with E-state index in [4.69, 9.17) is 9.15 Å². The lowest BCUT2D eigenvalue weighted by Gasteiger charge is -2.22. The highest BCUT2D eigenvalue weighted by Gasteiger charge is 2.34. The number of rotatable bonds is 11. The molecule has 0 spiro atoms. The minimum absolute atomic E-state index is 0.104. The van der Waals surface area contributed by atoms with Gasteiger partial charge in [-0.2, -0.15) is 0 Å². The average Bonchev–Trinajstić information content (AvgIpc) is 3.48. The van der Waals surface area contributed by atoms with Crippen molar-refractivity contribution in [1.29, 1.82) is 0 Å². The number of anilines is 1. The number of ether oxygens (including phenoxy) is 1. The first-order valence-electron chi connectivity index (χ1n) is 13.2. The molecule has 2 N–H and O–H groups in total. The lowest BCUT2D eigenvalue weighted by atomic mass is 9.84. The van der Waals surface area contributed by atoms with Crippen LogP contribution in [0.5, 0.6) is 5.75 Å². The Morgan fingerprint density at radius 2 is 1.73 bits per heavy atom. The Morgan fingerprint density at radius 3 is 2.34 bits per heavy atom. The summed E-state index contributed by atoms with van der Waals surface area (Å²) in [6.45, 7) is 7.10. The summed E-state index contributed by atoms with van der Waals surface area (Å²) in [6.07, 6.45) is 1.53. The van der Waals surface area contributed by atoms with Crippen LogP contribution in [0.4, 0.5) is 5.82 Å². The van der Waals surface area contributed by atoms with Crippen molar-refractivity contribution in [2.45, 2.75) is 45.7 Å². The highest BCUT2D eigenvalue weighted by Crippen LogP contribution is 2.32. The van der Waals surface area contributed by atoms with E-state index in [1.165, 1.54) is 10.8 Å². The molecule has 11 nitrogen and oxygen atoms in total. The van der Waals surface area contributed by atoms with Crippen molar-refractivity contribution in [3.8, 4) is 17.0 Å². The molecule has 2 aromatic carbocycles. The van der Waals surface area contributed by atoms with Gasteiger partial charge in [0.05, 0.1) is 30.5 Å². The Bertz CT molecular complexity index is 1580. The summed E-state index contributed by atoms with van der Waals surface area (Å²) >= 11 is 0. The van der Waals surface area contributed by atoms with Gasteiger partial charge in [-0.05, 0) is 43.0 Å². The van der Waals surface area contributed by atoms with Crippen LogP contribution in [0.25, 0.3) is 11.3 Å². The van der Waals surface area contributed by atoms with E-state index >= 15 is 0 Å². The van der Waals surface area contributed by atoms with Gasteiger partial charge in [-0.1, -0.05) is 56.3 Å². The second-order valence-corrected chi connectivity index (χ2v) is 10.4. The van der Waals surface area contributed by atoms with Crippen molar-refractivity contribution in [2.24, 2.45) is 5.92 Å². The zero-order valence-corrected chi connectivity index (χ0v) is 24.0. The van der Waals surface area contributed by atoms with Crippen molar-refractivity contribution in [2.75, 3.05) is 19.5 Å². The van der Waals surface area contributed by atoms with Crippen LogP contribution in [0.15, 0.2) is 70.0 Å². The first-order chi connectivity index (χ1) is 19.6. The molecule has 214 valence electrons. The maximum atomic E-state index is 13.5. The molecule has 0 aliphatic carbocycles. The maximum Gasteiger partial charge on any atom is 0.294 e. The van der Waals surface area contributed by atoms with Crippen LogP contribution < -0.4 is 20.9 Å². The largest absolute Gasteiger partial charge is 0.497 e. The van der Waals surface area contributed by atoms with Crippen LogP contribution in [-0.2, 0) is 16.8 Å². The second-order valence-electron chi connectivity index (χ2n) is 10.4. The van der Waals surface area contributed by atoms with E-state index in [2.05, 4.69) is 25.8 Å². The van der Waals surface area contributed by atoms with Crippen molar-refractivity contribution in [3.63, 3.8) is 0 Å². The molecule has 2 heterocycles. The van der Waals surface area contributed by atoms with Gasteiger partial charge in [-0.25, -0.2) is 4.98 Å². The van der Waals surface area contributed by atoms with Crippen molar-refractivity contribution in [1.82, 2.24) is 25.1 Å². The van der Waals surface area contributed by atoms with Gasteiger partial charge in [0, 0.05) is 7.05 Å². The summed E-state index contributed by atoms with van der Waals surface area (Å²) in [5.74, 6) is -0.464. The quantitative estimate of drug-likeness (QED) is 0.264. The Balaban J connectivity index is 1.56. The predicted octanol–water partition coefficient (Wildman–Crippen LogP) is 3.69. The number of nitrogens with zero attached hydrogens (tertiary/aromatic N) is 4. The Labute approximate surface area is 238 Å². The zero-order chi connectivity index (χ0) is 29.7. The molecule has 2 aromatic heterocycles. The standard InChI is InChI=1S/C30H34N6O5/c1-18(2)24(25(38)27-34-35-29(41-27)30(3,4)20-12-14-21(40-6)15-13-20)33-23(37)17-36-22(19-10-8-7-9-11-19)16-32-26(31-5)28(36)39/h7-16,18,24H,17H2,1-6H3,(H,31,32)(H,33,37)/t24-/m1/s1. The Hall–Kier alpha value is -4.80. The number of aromatic nitrogens is 4. The van der Waals surface area contributed by atoms with E-state index in [0.29, 0.717) is 11.4 Å². The molecule has 0 aliphatic heterocycles. The number of amides is 1. The second kappa shape index (κ2) is 12.2. The van der Waals surface area contributed by atoms with E-state index in [9.17, 15) is 14.4 Å². The molecule has 0 fully saturated rings. The van der Waals surface area contributed by atoms with Gasteiger partial charge in [0.25, 0.3) is 11.4 Å². The molecule has 0 aliphatic rings. The summed E-state index contributed by atoms with van der Waals surface area (Å²) in [5, 5.41) is 13.7. The molecule has 0 unspecified atom stereocenters. The molecule has 11 heteroatoms. The van der Waals surface area contributed by atoms with Gasteiger partial charge in [0.2, 0.25) is 17.6 Å². The first kappa shape index (κ1) is 29.2. The molecule has 1 amide bonds. The zero-order valence-electron chi connectivity index (χ0n) is 24.0. The highest BCUT2D eigenvalue weighted by molar-refractivity contribution is 5.98.